The van der Waals surface area contributed by atoms with Gasteiger partial charge in [0.1, 0.15) is 0 Å². The maximum absolute atomic E-state index is 11.1. The van der Waals surface area contributed by atoms with Gasteiger partial charge in [-0.05, 0) is 69.1 Å². The number of aromatic hydroxyl groups is 4. The Kier molecular flexibility index (Phi) is 4.78. The van der Waals surface area contributed by atoms with Crippen LogP contribution in [0.15, 0.2) is 53.0 Å². The van der Waals surface area contributed by atoms with Gasteiger partial charge in [-0.25, -0.2) is 0 Å². The van der Waals surface area contributed by atoms with Gasteiger partial charge >= 0.3 is 0 Å². The molecule has 0 radical (unpaired) electrons. The molecule has 0 spiro atoms. The van der Waals surface area contributed by atoms with Gasteiger partial charge in [0, 0.05) is 10.0 Å². The molecule has 156 valence electrons. The summed E-state index contributed by atoms with van der Waals surface area (Å²) in [6, 6.07) is 7.70. The smallest absolute Gasteiger partial charge is 0.170 e. The molecule has 0 saturated carbocycles. The fraction of sp³-hybridized carbons (Fsp3) is 0.154. The first kappa shape index (κ1) is 19.8. The van der Waals surface area contributed by atoms with Crippen LogP contribution < -0.4 is 0 Å². The average Bonchev–Trinajstić information content (AvgIpc) is 2.81. The highest BCUT2D eigenvalue weighted by molar-refractivity contribution is 9.10. The lowest BCUT2D eigenvalue weighted by Gasteiger charge is -2.23. The molecule has 0 saturated heterocycles. The molecule has 4 nitrogen and oxygen atoms in total. The molecule has 31 heavy (non-hydrogen) atoms. The molecule has 3 aromatic carbocycles. The number of hydrogen-bond acceptors (Lipinski definition) is 4. The molecule has 2 aliphatic rings. The lowest BCUT2D eigenvalue weighted by molar-refractivity contribution is 0.373. The molecule has 0 amide bonds. The lowest BCUT2D eigenvalue weighted by Crippen LogP contribution is -2.02. The van der Waals surface area contributed by atoms with E-state index in [2.05, 4.69) is 22.0 Å². The van der Waals surface area contributed by atoms with Crippen LogP contribution in [-0.4, -0.2) is 20.4 Å². The highest BCUT2D eigenvalue weighted by Crippen LogP contribution is 2.56. The molecule has 0 aromatic heterocycles. The van der Waals surface area contributed by atoms with E-state index in [1.807, 2.05) is 42.5 Å². The number of halogens is 1. The number of allylic oxidation sites excluding steroid dienone is 5. The van der Waals surface area contributed by atoms with Crippen LogP contribution in [0.2, 0.25) is 0 Å². The first-order chi connectivity index (χ1) is 15.0. The van der Waals surface area contributed by atoms with Crippen LogP contribution in [0.25, 0.3) is 33.5 Å². The van der Waals surface area contributed by atoms with E-state index in [-0.39, 0.29) is 11.1 Å². The third-order valence-electron chi connectivity index (χ3n) is 6.07. The van der Waals surface area contributed by atoms with Gasteiger partial charge in [0.25, 0.3) is 0 Å². The zero-order valence-corrected chi connectivity index (χ0v) is 18.3. The second-order valence-corrected chi connectivity index (χ2v) is 8.64. The van der Waals surface area contributed by atoms with Gasteiger partial charge in [0.05, 0.1) is 11.1 Å². The second-order valence-electron chi connectivity index (χ2n) is 7.85. The Hall–Kier alpha value is -3.18. The first-order valence-corrected chi connectivity index (χ1v) is 11.1. The van der Waals surface area contributed by atoms with E-state index in [1.165, 1.54) is 0 Å². The maximum Gasteiger partial charge on any atom is 0.170 e. The third-order valence-corrected chi connectivity index (χ3v) is 6.93. The number of phenols is 4. The summed E-state index contributed by atoms with van der Waals surface area (Å²) in [5.74, 6) is -1.74. The molecule has 0 atom stereocenters. The first-order valence-electron chi connectivity index (χ1n) is 10.3. The molecule has 0 unspecified atom stereocenters. The molecule has 0 heterocycles. The summed E-state index contributed by atoms with van der Waals surface area (Å²) in [5.41, 5.74) is 3.21. The summed E-state index contributed by atoms with van der Waals surface area (Å²) in [6.07, 6.45) is 12.8. The highest BCUT2D eigenvalue weighted by atomic mass is 79.9. The van der Waals surface area contributed by atoms with Crippen LogP contribution >= 0.6 is 15.9 Å². The van der Waals surface area contributed by atoms with Crippen LogP contribution in [0.1, 0.15) is 36.0 Å². The molecule has 0 bridgehead atoms. The van der Waals surface area contributed by atoms with Crippen molar-refractivity contribution in [2.45, 2.75) is 25.7 Å². The van der Waals surface area contributed by atoms with Crippen LogP contribution in [-0.2, 0) is 6.42 Å². The molecule has 5 rings (SSSR count). The van der Waals surface area contributed by atoms with E-state index < -0.39 is 23.0 Å². The summed E-state index contributed by atoms with van der Waals surface area (Å²) in [4.78, 5) is 0. The molecule has 2 aliphatic carbocycles. The van der Waals surface area contributed by atoms with Crippen molar-refractivity contribution in [3.63, 3.8) is 0 Å². The Morgan fingerprint density at radius 1 is 0.677 bits per heavy atom. The SMILES string of the molecule is Oc1c(O)c(-c2c3c(c(Br)c4ccccc24)C=CCC3)c(O)c(O)c1C1=CCCC=C1. The summed E-state index contributed by atoms with van der Waals surface area (Å²) >= 11 is 3.71. The van der Waals surface area contributed by atoms with Gasteiger partial charge in [0.15, 0.2) is 23.0 Å². The standard InChI is InChI=1S/C26H21BrO4/c27-22-17-12-6-4-10-15(17)20(16-11-5-7-13-18(16)22)21-25(30)23(28)19(24(29)26(21)31)14-8-2-1-3-9-14/h2,4,6-10,12-13,28-31H,1,3,5,11H2. The quantitative estimate of drug-likeness (QED) is 0.242. The molecule has 0 fully saturated rings. The summed E-state index contributed by atoms with van der Waals surface area (Å²) < 4.78 is 0.944. The molecule has 0 aliphatic heterocycles. The molecular weight excluding hydrogens is 456 g/mol. The van der Waals surface area contributed by atoms with Gasteiger partial charge in [-0.3, -0.25) is 0 Å². The minimum Gasteiger partial charge on any atom is -0.504 e. The van der Waals surface area contributed by atoms with E-state index in [0.29, 0.717) is 17.6 Å². The van der Waals surface area contributed by atoms with Crippen molar-refractivity contribution in [3.05, 3.63) is 69.7 Å². The molecular formula is C26H21BrO4. The van der Waals surface area contributed by atoms with Crippen molar-refractivity contribution >= 4 is 38.4 Å². The van der Waals surface area contributed by atoms with E-state index in [1.54, 1.807) is 6.08 Å². The van der Waals surface area contributed by atoms with Gasteiger partial charge in [-0.1, -0.05) is 54.6 Å². The van der Waals surface area contributed by atoms with Crippen LogP contribution in [0.3, 0.4) is 0 Å². The normalized spacial score (nSPS) is 15.2. The number of rotatable bonds is 2. The fourth-order valence-electron chi connectivity index (χ4n) is 4.62. The zero-order chi connectivity index (χ0) is 21.7. The third kappa shape index (κ3) is 2.95. The Morgan fingerprint density at radius 3 is 2.00 bits per heavy atom. The average molecular weight is 477 g/mol. The van der Waals surface area contributed by atoms with Crippen molar-refractivity contribution in [2.24, 2.45) is 0 Å². The van der Waals surface area contributed by atoms with Crippen LogP contribution in [0.4, 0.5) is 0 Å². The fourth-order valence-corrected chi connectivity index (χ4v) is 5.34. The summed E-state index contributed by atoms with van der Waals surface area (Å²) in [7, 11) is 0. The number of hydrogen-bond donors (Lipinski definition) is 4. The molecule has 4 N–H and O–H groups in total. The Balaban J connectivity index is 1.89. The van der Waals surface area contributed by atoms with Crippen LogP contribution in [0.5, 0.6) is 23.0 Å². The summed E-state index contributed by atoms with van der Waals surface area (Å²) in [6.45, 7) is 0. The van der Waals surface area contributed by atoms with Crippen molar-refractivity contribution < 1.29 is 20.4 Å². The topological polar surface area (TPSA) is 80.9 Å². The number of benzene rings is 3. The monoisotopic (exact) mass is 476 g/mol. The largest absolute Gasteiger partial charge is 0.504 e. The minimum atomic E-state index is -0.436. The van der Waals surface area contributed by atoms with E-state index >= 15 is 0 Å². The maximum atomic E-state index is 11.1. The molecule has 5 heteroatoms. The van der Waals surface area contributed by atoms with Crippen molar-refractivity contribution in [3.8, 4) is 34.1 Å². The van der Waals surface area contributed by atoms with Gasteiger partial charge in [-0.2, -0.15) is 0 Å². The Morgan fingerprint density at radius 2 is 1.32 bits per heavy atom. The van der Waals surface area contributed by atoms with Gasteiger partial charge < -0.3 is 20.4 Å². The van der Waals surface area contributed by atoms with E-state index in [9.17, 15) is 20.4 Å². The number of phenolic OH excluding ortho intramolecular Hbond substituents is 4. The zero-order valence-electron chi connectivity index (χ0n) is 16.7. The molecule has 3 aromatic rings. The van der Waals surface area contributed by atoms with Crippen molar-refractivity contribution in [2.75, 3.05) is 0 Å². The summed E-state index contributed by atoms with van der Waals surface area (Å²) in [5, 5.41) is 45.7. The van der Waals surface area contributed by atoms with E-state index in [4.69, 9.17) is 0 Å². The van der Waals surface area contributed by atoms with Crippen LogP contribution in [0, 0.1) is 0 Å². The minimum absolute atomic E-state index is 0.0462. The Bertz CT molecular complexity index is 1300. The second kappa shape index (κ2) is 7.50. The van der Waals surface area contributed by atoms with Crippen molar-refractivity contribution in [1.29, 1.82) is 0 Å². The Labute approximate surface area is 188 Å². The highest BCUT2D eigenvalue weighted by Gasteiger charge is 2.30. The van der Waals surface area contributed by atoms with Gasteiger partial charge in [0.2, 0.25) is 0 Å². The van der Waals surface area contributed by atoms with Crippen molar-refractivity contribution in [1.82, 2.24) is 0 Å². The predicted octanol–water partition coefficient (Wildman–Crippen LogP) is 6.78. The lowest BCUT2D eigenvalue weighted by atomic mass is 9.83. The van der Waals surface area contributed by atoms with Gasteiger partial charge in [-0.15, -0.1) is 0 Å². The van der Waals surface area contributed by atoms with E-state index in [0.717, 1.165) is 45.6 Å². The number of fused-ring (bicyclic) bond motifs is 2. The predicted molar refractivity (Wildman–Crippen MR) is 127 cm³/mol.